The van der Waals surface area contributed by atoms with Gasteiger partial charge in [-0.25, -0.2) is 4.79 Å². The molecule has 1 saturated carbocycles. The molecule has 6 nitrogen and oxygen atoms in total. The summed E-state index contributed by atoms with van der Waals surface area (Å²) >= 11 is 0. The highest BCUT2D eigenvalue weighted by Crippen LogP contribution is 2.33. The number of carbonyl (C=O) groups excluding carboxylic acids is 2. The quantitative estimate of drug-likeness (QED) is 0.732. The lowest BCUT2D eigenvalue weighted by Gasteiger charge is -2.24. The Kier molecular flexibility index (Phi) is 5.49. The zero-order chi connectivity index (χ0) is 16.1. The Balaban J connectivity index is 2.05. The smallest absolute Gasteiger partial charge is 0.329 e. The highest BCUT2D eigenvalue weighted by molar-refractivity contribution is 5.88. The number of methoxy groups -OCH3 is 1. The molecule has 1 amide bonds. The minimum atomic E-state index is -0.794. The third-order valence-corrected chi connectivity index (χ3v) is 4.03. The van der Waals surface area contributed by atoms with E-state index in [1.54, 1.807) is 12.3 Å². The molecule has 0 bridgehead atoms. The summed E-state index contributed by atoms with van der Waals surface area (Å²) in [5, 5.41) is 2.72. The summed E-state index contributed by atoms with van der Waals surface area (Å²) in [7, 11) is 1.30. The average molecular weight is 305 g/mol. The zero-order valence-corrected chi connectivity index (χ0v) is 13.0. The number of carbonyl (C=O) groups is 2. The van der Waals surface area contributed by atoms with E-state index in [2.05, 4.69) is 10.3 Å². The molecule has 1 aliphatic rings. The lowest BCUT2D eigenvalue weighted by atomic mass is 9.97. The molecule has 2 unspecified atom stereocenters. The van der Waals surface area contributed by atoms with Crippen molar-refractivity contribution >= 4 is 11.9 Å². The van der Waals surface area contributed by atoms with E-state index in [4.69, 9.17) is 10.5 Å². The predicted octanol–water partition coefficient (Wildman–Crippen LogP) is 0.970. The van der Waals surface area contributed by atoms with Gasteiger partial charge in [0, 0.05) is 17.8 Å². The number of hydrogen-bond acceptors (Lipinski definition) is 5. The number of hydrogen-bond donors (Lipinski definition) is 2. The fraction of sp³-hybridized carbons (Fsp3) is 0.562. The first-order valence-electron chi connectivity index (χ1n) is 7.57. The van der Waals surface area contributed by atoms with E-state index in [-0.39, 0.29) is 11.8 Å². The molecular formula is C16H23N3O3. The van der Waals surface area contributed by atoms with Crippen LogP contribution in [0.25, 0.3) is 0 Å². The Labute approximate surface area is 130 Å². The van der Waals surface area contributed by atoms with Crippen LogP contribution < -0.4 is 11.1 Å². The van der Waals surface area contributed by atoms with E-state index in [9.17, 15) is 9.59 Å². The van der Waals surface area contributed by atoms with E-state index in [0.29, 0.717) is 18.0 Å². The molecule has 1 aromatic heterocycles. The molecule has 0 aliphatic heterocycles. The van der Waals surface area contributed by atoms with Crippen LogP contribution in [-0.4, -0.2) is 36.1 Å². The summed E-state index contributed by atoms with van der Waals surface area (Å²) in [5.41, 5.74) is 6.62. The number of esters is 1. The van der Waals surface area contributed by atoms with Crippen molar-refractivity contribution in [3.05, 3.63) is 30.1 Å². The van der Waals surface area contributed by atoms with Gasteiger partial charge in [0.05, 0.1) is 13.2 Å². The van der Waals surface area contributed by atoms with E-state index < -0.39 is 18.1 Å². The molecule has 0 spiro atoms. The minimum absolute atomic E-state index is 0.300. The molecule has 1 aliphatic carbocycles. The Morgan fingerprint density at radius 3 is 2.73 bits per heavy atom. The normalized spacial score (nSPS) is 18.1. The fourth-order valence-electron chi connectivity index (χ4n) is 2.41. The van der Waals surface area contributed by atoms with E-state index in [1.165, 1.54) is 7.11 Å². The van der Waals surface area contributed by atoms with Crippen LogP contribution >= 0.6 is 0 Å². The van der Waals surface area contributed by atoms with Gasteiger partial charge in [-0.3, -0.25) is 9.78 Å². The van der Waals surface area contributed by atoms with Crippen molar-refractivity contribution in [2.24, 2.45) is 11.7 Å². The van der Waals surface area contributed by atoms with Gasteiger partial charge in [-0.15, -0.1) is 0 Å². The van der Waals surface area contributed by atoms with Crippen LogP contribution in [0.15, 0.2) is 24.4 Å². The standard InChI is InChI=1S/C16H23N3O3/c1-10(13-5-3-4-8-18-13)14(16(21)22-2)19-15(20)12(17)9-11-6-7-11/h3-5,8,10-12,14H,6-7,9,17H2,1-2H3,(H,19,20)/t10?,12-,14?/m0/s1. The topological polar surface area (TPSA) is 94.3 Å². The molecule has 1 heterocycles. The van der Waals surface area contributed by atoms with Crippen LogP contribution in [0.2, 0.25) is 0 Å². The molecule has 0 aromatic carbocycles. The van der Waals surface area contributed by atoms with Gasteiger partial charge in [-0.05, 0) is 24.5 Å². The summed E-state index contributed by atoms with van der Waals surface area (Å²) in [6.07, 6.45) is 4.58. The molecule has 3 atom stereocenters. The number of pyridine rings is 1. The largest absolute Gasteiger partial charge is 0.467 e. The SMILES string of the molecule is COC(=O)C(NC(=O)[C@@H](N)CC1CC1)C(C)c1ccccn1. The van der Waals surface area contributed by atoms with Crippen LogP contribution in [0.4, 0.5) is 0 Å². The highest BCUT2D eigenvalue weighted by atomic mass is 16.5. The maximum absolute atomic E-state index is 12.2. The number of aromatic nitrogens is 1. The van der Waals surface area contributed by atoms with Crippen molar-refractivity contribution in [1.82, 2.24) is 10.3 Å². The third kappa shape index (κ3) is 4.27. The van der Waals surface area contributed by atoms with Crippen LogP contribution in [0.5, 0.6) is 0 Å². The summed E-state index contributed by atoms with van der Waals surface area (Å²) in [5.74, 6) is -0.563. The van der Waals surface area contributed by atoms with Gasteiger partial charge in [0.1, 0.15) is 6.04 Å². The van der Waals surface area contributed by atoms with E-state index >= 15 is 0 Å². The van der Waals surface area contributed by atoms with Gasteiger partial charge in [-0.2, -0.15) is 0 Å². The number of ether oxygens (including phenoxy) is 1. The first-order chi connectivity index (χ1) is 10.5. The molecule has 0 saturated heterocycles. The number of nitrogens with zero attached hydrogens (tertiary/aromatic N) is 1. The second-order valence-corrected chi connectivity index (χ2v) is 5.84. The fourth-order valence-corrected chi connectivity index (χ4v) is 2.41. The van der Waals surface area contributed by atoms with Crippen LogP contribution in [-0.2, 0) is 14.3 Å². The van der Waals surface area contributed by atoms with Gasteiger partial charge in [-0.1, -0.05) is 25.8 Å². The molecular weight excluding hydrogens is 282 g/mol. The number of rotatable bonds is 7. The lowest BCUT2D eigenvalue weighted by Crippen LogP contribution is -2.51. The molecule has 0 radical (unpaired) electrons. The summed E-state index contributed by atoms with van der Waals surface area (Å²) in [4.78, 5) is 28.5. The molecule has 3 N–H and O–H groups in total. The van der Waals surface area contributed by atoms with Crippen molar-refractivity contribution in [2.75, 3.05) is 7.11 Å². The zero-order valence-electron chi connectivity index (χ0n) is 13.0. The first kappa shape index (κ1) is 16.4. The number of nitrogens with two attached hydrogens (primary N) is 1. The van der Waals surface area contributed by atoms with Crippen molar-refractivity contribution in [3.8, 4) is 0 Å². The van der Waals surface area contributed by atoms with Crippen molar-refractivity contribution in [3.63, 3.8) is 0 Å². The monoisotopic (exact) mass is 305 g/mol. The maximum atomic E-state index is 12.2. The molecule has 1 aromatic rings. The van der Waals surface area contributed by atoms with Gasteiger partial charge >= 0.3 is 5.97 Å². The Morgan fingerprint density at radius 2 is 2.18 bits per heavy atom. The van der Waals surface area contributed by atoms with Crippen molar-refractivity contribution < 1.29 is 14.3 Å². The van der Waals surface area contributed by atoms with Crippen LogP contribution in [0, 0.1) is 5.92 Å². The minimum Gasteiger partial charge on any atom is -0.467 e. The predicted molar refractivity (Wildman–Crippen MR) is 81.9 cm³/mol. The molecule has 22 heavy (non-hydrogen) atoms. The molecule has 1 fully saturated rings. The van der Waals surface area contributed by atoms with Gasteiger partial charge in [0.15, 0.2) is 0 Å². The van der Waals surface area contributed by atoms with Crippen LogP contribution in [0.1, 0.15) is 37.8 Å². The Morgan fingerprint density at radius 1 is 1.45 bits per heavy atom. The number of amides is 1. The molecule has 120 valence electrons. The summed E-state index contributed by atoms with van der Waals surface area (Å²) in [6.45, 7) is 1.83. The Bertz CT molecular complexity index is 517. The second kappa shape index (κ2) is 7.35. The van der Waals surface area contributed by atoms with Gasteiger partial charge in [0.25, 0.3) is 0 Å². The van der Waals surface area contributed by atoms with E-state index in [0.717, 1.165) is 12.8 Å². The van der Waals surface area contributed by atoms with E-state index in [1.807, 2.05) is 19.1 Å². The van der Waals surface area contributed by atoms with Crippen molar-refractivity contribution in [1.29, 1.82) is 0 Å². The van der Waals surface area contributed by atoms with Crippen LogP contribution in [0.3, 0.4) is 0 Å². The van der Waals surface area contributed by atoms with Crippen molar-refractivity contribution in [2.45, 2.75) is 44.2 Å². The first-order valence-corrected chi connectivity index (χ1v) is 7.57. The molecule has 6 heteroatoms. The number of nitrogens with one attached hydrogen (secondary N) is 1. The highest BCUT2D eigenvalue weighted by Gasteiger charge is 2.33. The third-order valence-electron chi connectivity index (χ3n) is 4.03. The Hall–Kier alpha value is -1.95. The molecule has 2 rings (SSSR count). The average Bonchev–Trinajstić information content (AvgIpc) is 3.35. The second-order valence-electron chi connectivity index (χ2n) is 5.84. The van der Waals surface area contributed by atoms with Gasteiger partial charge < -0.3 is 15.8 Å². The lowest BCUT2D eigenvalue weighted by molar-refractivity contribution is -0.145. The summed E-state index contributed by atoms with van der Waals surface area (Å²) < 4.78 is 4.81. The summed E-state index contributed by atoms with van der Waals surface area (Å²) in [6, 6.07) is 4.08. The van der Waals surface area contributed by atoms with Gasteiger partial charge in [0.2, 0.25) is 5.91 Å². The maximum Gasteiger partial charge on any atom is 0.329 e.